The molecule has 3 rings (SSSR count). The molecule has 1 amide bonds. The lowest BCUT2D eigenvalue weighted by Crippen LogP contribution is -2.42. The summed E-state index contributed by atoms with van der Waals surface area (Å²) in [6, 6.07) is 13.5. The summed E-state index contributed by atoms with van der Waals surface area (Å²) < 4.78 is 0. The molecule has 2 heterocycles. The molecule has 10 nitrogen and oxygen atoms in total. The Bertz CT molecular complexity index is 1130. The third-order valence-electron chi connectivity index (χ3n) is 5.49. The standard InChI is InChI=1S/C23H26N8O2S/c1-2-16-17(12-24)21(31-10-8-15(9-11-31)33-30-23(27)28)29-22(18(16)13-25)34-19(20(26)32)14-6-4-3-5-7-14/h3-7,15,19H,2,8-11H2,1H3,(H2,26,32)(H4,27,28,30). The number of nitrogens with zero attached hydrogens (tertiary/aromatic N) is 4. The average Bonchev–Trinajstić information content (AvgIpc) is 2.85. The van der Waals surface area contributed by atoms with Crippen LogP contribution in [0.2, 0.25) is 0 Å². The molecule has 0 spiro atoms. The number of hydroxylamine groups is 1. The van der Waals surface area contributed by atoms with Crippen LogP contribution in [0.5, 0.6) is 0 Å². The van der Waals surface area contributed by atoms with Gasteiger partial charge < -0.3 is 16.4 Å². The Balaban J connectivity index is 1.98. The number of carbonyl (C=O) groups is 1. The molecule has 0 bridgehead atoms. The van der Waals surface area contributed by atoms with Crippen LogP contribution in [-0.2, 0) is 16.1 Å². The first-order chi connectivity index (χ1) is 16.4. The summed E-state index contributed by atoms with van der Waals surface area (Å²) in [6.07, 6.45) is 1.58. The lowest BCUT2D eigenvalue weighted by Gasteiger charge is -2.33. The zero-order valence-corrected chi connectivity index (χ0v) is 19.6. The third-order valence-corrected chi connectivity index (χ3v) is 6.75. The number of anilines is 1. The Labute approximate surface area is 202 Å². The van der Waals surface area contributed by atoms with Gasteiger partial charge in [0.15, 0.2) is 0 Å². The monoisotopic (exact) mass is 478 g/mol. The second-order valence-electron chi connectivity index (χ2n) is 7.68. The molecule has 0 aliphatic carbocycles. The van der Waals surface area contributed by atoms with Crippen molar-refractivity contribution >= 4 is 29.4 Å². The molecule has 0 radical (unpaired) electrons. The van der Waals surface area contributed by atoms with Gasteiger partial charge in [-0.15, -0.1) is 0 Å². The first-order valence-corrected chi connectivity index (χ1v) is 11.7. The van der Waals surface area contributed by atoms with E-state index >= 15 is 0 Å². The quantitative estimate of drug-likeness (QED) is 0.191. The summed E-state index contributed by atoms with van der Waals surface area (Å²) in [5.41, 5.74) is 15.3. The number of hydrogen-bond donors (Lipinski definition) is 4. The van der Waals surface area contributed by atoms with E-state index in [2.05, 4.69) is 17.6 Å². The first kappa shape index (κ1) is 24.8. The number of aromatic nitrogens is 1. The Morgan fingerprint density at radius 3 is 2.44 bits per heavy atom. The van der Waals surface area contributed by atoms with Gasteiger partial charge in [-0.3, -0.25) is 15.0 Å². The molecule has 176 valence electrons. The van der Waals surface area contributed by atoms with E-state index in [0.29, 0.717) is 65.4 Å². The number of primary amides is 1. The Morgan fingerprint density at radius 2 is 1.91 bits per heavy atom. The van der Waals surface area contributed by atoms with Gasteiger partial charge in [0.1, 0.15) is 28.2 Å². The van der Waals surface area contributed by atoms with Gasteiger partial charge in [0.25, 0.3) is 0 Å². The SMILES string of the molecule is CCc1c(C#N)c(SC(C(N)=O)c2ccccc2)nc(N2CCC(ONC(=N)N)CC2)c1C#N. The number of amides is 1. The summed E-state index contributed by atoms with van der Waals surface area (Å²) >= 11 is 1.12. The number of nitrogens with one attached hydrogen (secondary N) is 2. The highest BCUT2D eigenvalue weighted by Gasteiger charge is 2.29. The van der Waals surface area contributed by atoms with Crippen LogP contribution >= 0.6 is 11.8 Å². The van der Waals surface area contributed by atoms with Crippen molar-refractivity contribution in [1.82, 2.24) is 10.5 Å². The molecular weight excluding hydrogens is 452 g/mol. The lowest BCUT2D eigenvalue weighted by molar-refractivity contribution is -0.117. The van der Waals surface area contributed by atoms with E-state index in [4.69, 9.17) is 26.7 Å². The van der Waals surface area contributed by atoms with Crippen molar-refractivity contribution in [2.24, 2.45) is 11.5 Å². The maximum absolute atomic E-state index is 12.3. The van der Waals surface area contributed by atoms with E-state index in [1.54, 1.807) is 12.1 Å². The number of benzene rings is 1. The number of carbonyl (C=O) groups excluding carboxylic acids is 1. The van der Waals surface area contributed by atoms with Crippen molar-refractivity contribution < 1.29 is 9.63 Å². The predicted molar refractivity (Wildman–Crippen MR) is 129 cm³/mol. The Morgan fingerprint density at radius 1 is 1.26 bits per heavy atom. The molecule has 0 saturated carbocycles. The number of thioether (sulfide) groups is 1. The van der Waals surface area contributed by atoms with Crippen molar-refractivity contribution in [3.63, 3.8) is 0 Å². The van der Waals surface area contributed by atoms with Crippen molar-refractivity contribution in [2.45, 2.75) is 42.6 Å². The topological polar surface area (TPSA) is 178 Å². The largest absolute Gasteiger partial charge is 0.368 e. The molecule has 6 N–H and O–H groups in total. The minimum atomic E-state index is -0.733. The number of guanidine groups is 1. The fraction of sp³-hybridized carbons (Fsp3) is 0.348. The van der Waals surface area contributed by atoms with Crippen LogP contribution in [0.15, 0.2) is 35.4 Å². The summed E-state index contributed by atoms with van der Waals surface area (Å²) in [5, 5.41) is 26.7. The summed E-state index contributed by atoms with van der Waals surface area (Å²) in [4.78, 5) is 24.4. The highest BCUT2D eigenvalue weighted by molar-refractivity contribution is 8.00. The van der Waals surface area contributed by atoms with E-state index in [-0.39, 0.29) is 12.1 Å². The molecule has 1 aliphatic heterocycles. The van der Waals surface area contributed by atoms with Crippen LogP contribution in [0.4, 0.5) is 5.82 Å². The maximum atomic E-state index is 12.3. The molecule has 1 aromatic heterocycles. The van der Waals surface area contributed by atoms with Gasteiger partial charge in [-0.25, -0.2) is 10.5 Å². The number of piperidine rings is 1. The third kappa shape index (κ3) is 5.57. The van der Waals surface area contributed by atoms with Crippen LogP contribution in [-0.4, -0.2) is 36.0 Å². The molecule has 34 heavy (non-hydrogen) atoms. The molecule has 11 heteroatoms. The predicted octanol–water partition coefficient (Wildman–Crippen LogP) is 2.09. The van der Waals surface area contributed by atoms with Gasteiger partial charge in [-0.05, 0) is 30.4 Å². The van der Waals surface area contributed by atoms with E-state index < -0.39 is 11.2 Å². The normalized spacial score (nSPS) is 14.6. The van der Waals surface area contributed by atoms with Crippen molar-refractivity contribution in [3.05, 3.63) is 52.6 Å². The Hall–Kier alpha value is -3.80. The van der Waals surface area contributed by atoms with Crippen LogP contribution in [0.25, 0.3) is 0 Å². The number of nitrogens with two attached hydrogens (primary N) is 2. The van der Waals surface area contributed by atoms with Gasteiger partial charge in [-0.2, -0.15) is 10.5 Å². The van der Waals surface area contributed by atoms with Gasteiger partial charge in [-0.1, -0.05) is 49.0 Å². The highest BCUT2D eigenvalue weighted by atomic mass is 32.2. The van der Waals surface area contributed by atoms with Gasteiger partial charge in [0.05, 0.1) is 17.2 Å². The fourth-order valence-corrected chi connectivity index (χ4v) is 4.92. The number of hydrogen-bond acceptors (Lipinski definition) is 8. The minimum Gasteiger partial charge on any atom is -0.368 e. The van der Waals surface area contributed by atoms with Crippen LogP contribution in [0.1, 0.15) is 47.3 Å². The molecular formula is C23H26N8O2S. The highest BCUT2D eigenvalue weighted by Crippen LogP contribution is 2.39. The van der Waals surface area contributed by atoms with Gasteiger partial charge >= 0.3 is 0 Å². The van der Waals surface area contributed by atoms with E-state index in [9.17, 15) is 15.3 Å². The fourth-order valence-electron chi connectivity index (χ4n) is 3.86. The molecule has 2 aromatic rings. The zero-order chi connectivity index (χ0) is 24.7. The second kappa shape index (κ2) is 11.4. The lowest BCUT2D eigenvalue weighted by atomic mass is 10.0. The van der Waals surface area contributed by atoms with Gasteiger partial charge in [0, 0.05) is 13.1 Å². The van der Waals surface area contributed by atoms with Crippen LogP contribution in [0, 0.1) is 28.1 Å². The van der Waals surface area contributed by atoms with E-state index in [1.807, 2.05) is 30.0 Å². The number of pyridine rings is 1. The smallest absolute Gasteiger partial charge is 0.235 e. The van der Waals surface area contributed by atoms with Crippen molar-refractivity contribution in [3.8, 4) is 12.1 Å². The van der Waals surface area contributed by atoms with E-state index in [1.165, 1.54) is 0 Å². The zero-order valence-electron chi connectivity index (χ0n) is 18.7. The number of nitriles is 2. The van der Waals surface area contributed by atoms with E-state index in [0.717, 1.165) is 11.8 Å². The molecule has 1 fully saturated rings. The summed E-state index contributed by atoms with van der Waals surface area (Å²) in [5.74, 6) is -0.323. The van der Waals surface area contributed by atoms with Crippen LogP contribution < -0.4 is 21.8 Å². The number of rotatable bonds is 8. The first-order valence-electron chi connectivity index (χ1n) is 10.8. The second-order valence-corrected chi connectivity index (χ2v) is 8.77. The molecule has 1 aromatic carbocycles. The maximum Gasteiger partial charge on any atom is 0.235 e. The summed E-state index contributed by atoms with van der Waals surface area (Å²) in [6.45, 7) is 3.00. The van der Waals surface area contributed by atoms with Crippen molar-refractivity contribution in [1.29, 1.82) is 15.9 Å². The molecule has 1 unspecified atom stereocenters. The van der Waals surface area contributed by atoms with Crippen molar-refractivity contribution in [2.75, 3.05) is 18.0 Å². The van der Waals surface area contributed by atoms with Gasteiger partial charge in [0.2, 0.25) is 11.9 Å². The Kier molecular flexibility index (Phi) is 8.30. The van der Waals surface area contributed by atoms with Crippen LogP contribution in [0.3, 0.4) is 0 Å². The molecule has 1 saturated heterocycles. The molecule has 1 atom stereocenters. The molecule has 1 aliphatic rings. The summed E-state index contributed by atoms with van der Waals surface area (Å²) in [7, 11) is 0. The minimum absolute atomic E-state index is 0.138. The average molecular weight is 479 g/mol.